The molecule has 110 valence electrons. The number of aryl methyl sites for hydroxylation is 3. The molecule has 2 N–H and O–H groups in total. The number of nitrogens with zero attached hydrogens (tertiary/aromatic N) is 3. The second-order valence-electron chi connectivity index (χ2n) is 4.90. The van der Waals surface area contributed by atoms with Gasteiger partial charge >= 0.3 is 0 Å². The monoisotopic (exact) mass is 356 g/mol. The minimum absolute atomic E-state index is 0.0690. The molecule has 0 bridgehead atoms. The van der Waals surface area contributed by atoms with Crippen LogP contribution in [0.25, 0.3) is 0 Å². The number of thiazole rings is 1. The van der Waals surface area contributed by atoms with Crippen LogP contribution in [0.5, 0.6) is 0 Å². The van der Waals surface area contributed by atoms with Crippen LogP contribution in [0.1, 0.15) is 35.9 Å². The molecule has 0 radical (unpaired) electrons. The third kappa shape index (κ3) is 3.48. The number of halogens is 1. The van der Waals surface area contributed by atoms with Crippen molar-refractivity contribution >= 4 is 27.3 Å². The highest BCUT2D eigenvalue weighted by Gasteiger charge is 2.17. The Labute approximate surface area is 132 Å². The van der Waals surface area contributed by atoms with Crippen LogP contribution in [0.2, 0.25) is 0 Å². The van der Waals surface area contributed by atoms with Crippen LogP contribution in [0.15, 0.2) is 9.85 Å². The Bertz CT molecular complexity index is 576. The minimum Gasteiger partial charge on any atom is -0.327 e. The van der Waals surface area contributed by atoms with E-state index in [-0.39, 0.29) is 6.04 Å². The first-order valence-corrected chi connectivity index (χ1v) is 8.63. The summed E-state index contributed by atoms with van der Waals surface area (Å²) in [5.74, 6) is 0. The second-order valence-corrected chi connectivity index (χ2v) is 6.76. The molecule has 6 heteroatoms. The summed E-state index contributed by atoms with van der Waals surface area (Å²) in [5.41, 5.74) is 9.69. The Morgan fingerprint density at radius 2 is 2.15 bits per heavy atom. The minimum atomic E-state index is 0.0690. The van der Waals surface area contributed by atoms with Gasteiger partial charge in [-0.15, -0.1) is 11.3 Å². The van der Waals surface area contributed by atoms with Crippen molar-refractivity contribution in [3.8, 4) is 0 Å². The van der Waals surface area contributed by atoms with Crippen LogP contribution in [0, 0.1) is 6.92 Å². The lowest BCUT2D eigenvalue weighted by atomic mass is 10.1. The van der Waals surface area contributed by atoms with Crippen molar-refractivity contribution in [3.05, 3.63) is 31.9 Å². The highest BCUT2D eigenvalue weighted by molar-refractivity contribution is 9.10. The number of rotatable bonds is 6. The standard InChI is InChI=1S/C14H21BrN4S/c1-4-12-14(15)13(19(5-2)18-12)7-10(16)6-11-8-20-9(3)17-11/h8,10H,4-7,16H2,1-3H3. The van der Waals surface area contributed by atoms with Gasteiger partial charge in [0.1, 0.15) is 0 Å². The lowest BCUT2D eigenvalue weighted by molar-refractivity contribution is 0.569. The maximum absolute atomic E-state index is 6.29. The quantitative estimate of drug-likeness (QED) is 0.864. The molecule has 0 aliphatic heterocycles. The molecule has 2 aromatic heterocycles. The number of aromatic nitrogens is 3. The van der Waals surface area contributed by atoms with Gasteiger partial charge in [-0.05, 0) is 36.2 Å². The molecule has 2 heterocycles. The Hall–Kier alpha value is -0.720. The van der Waals surface area contributed by atoms with Gasteiger partial charge in [0, 0.05) is 30.8 Å². The topological polar surface area (TPSA) is 56.7 Å². The van der Waals surface area contributed by atoms with Gasteiger partial charge in [-0.2, -0.15) is 5.10 Å². The third-order valence-electron chi connectivity index (χ3n) is 3.29. The average Bonchev–Trinajstić information content (AvgIpc) is 2.95. The zero-order valence-electron chi connectivity index (χ0n) is 12.2. The predicted octanol–water partition coefficient (Wildman–Crippen LogP) is 3.11. The molecule has 1 atom stereocenters. The van der Waals surface area contributed by atoms with Gasteiger partial charge in [0.15, 0.2) is 0 Å². The molecule has 1 unspecified atom stereocenters. The van der Waals surface area contributed by atoms with Gasteiger partial charge in [-0.3, -0.25) is 4.68 Å². The van der Waals surface area contributed by atoms with Crippen molar-refractivity contribution in [2.75, 3.05) is 0 Å². The molecule has 0 saturated carbocycles. The number of hydrogen-bond acceptors (Lipinski definition) is 4. The first-order valence-electron chi connectivity index (χ1n) is 6.95. The first kappa shape index (κ1) is 15.7. The molecule has 0 spiro atoms. The summed E-state index contributed by atoms with van der Waals surface area (Å²) in [7, 11) is 0. The summed E-state index contributed by atoms with van der Waals surface area (Å²) in [6, 6.07) is 0.0690. The van der Waals surface area contributed by atoms with Crippen molar-refractivity contribution in [3.63, 3.8) is 0 Å². The van der Waals surface area contributed by atoms with E-state index < -0.39 is 0 Å². The normalized spacial score (nSPS) is 12.8. The SMILES string of the molecule is CCc1nn(CC)c(CC(N)Cc2csc(C)n2)c1Br. The van der Waals surface area contributed by atoms with Crippen molar-refractivity contribution in [2.24, 2.45) is 5.73 Å². The van der Waals surface area contributed by atoms with Crippen LogP contribution in [-0.4, -0.2) is 20.8 Å². The van der Waals surface area contributed by atoms with E-state index in [9.17, 15) is 0 Å². The predicted molar refractivity (Wildman–Crippen MR) is 87.2 cm³/mol. The molecule has 0 saturated heterocycles. The zero-order chi connectivity index (χ0) is 14.7. The Morgan fingerprint density at radius 3 is 2.70 bits per heavy atom. The Morgan fingerprint density at radius 1 is 1.40 bits per heavy atom. The Balaban J connectivity index is 2.10. The summed E-state index contributed by atoms with van der Waals surface area (Å²) >= 11 is 5.35. The van der Waals surface area contributed by atoms with E-state index in [1.165, 1.54) is 5.69 Å². The van der Waals surface area contributed by atoms with Crippen LogP contribution in [-0.2, 0) is 25.8 Å². The van der Waals surface area contributed by atoms with E-state index in [2.05, 4.69) is 49.9 Å². The van der Waals surface area contributed by atoms with Gasteiger partial charge in [-0.25, -0.2) is 4.98 Å². The van der Waals surface area contributed by atoms with Crippen LogP contribution in [0.4, 0.5) is 0 Å². The van der Waals surface area contributed by atoms with E-state index in [1.807, 2.05) is 6.92 Å². The summed E-state index contributed by atoms with van der Waals surface area (Å²) in [6.45, 7) is 7.12. The smallest absolute Gasteiger partial charge is 0.0897 e. The van der Waals surface area contributed by atoms with Crippen molar-refractivity contribution in [1.82, 2.24) is 14.8 Å². The van der Waals surface area contributed by atoms with Crippen LogP contribution in [0.3, 0.4) is 0 Å². The fourth-order valence-electron chi connectivity index (χ4n) is 2.30. The Kier molecular flexibility index (Phi) is 5.35. The molecule has 2 rings (SSSR count). The second kappa shape index (κ2) is 6.83. The van der Waals surface area contributed by atoms with Gasteiger partial charge in [-0.1, -0.05) is 6.92 Å². The lowest BCUT2D eigenvalue weighted by Crippen LogP contribution is -2.27. The first-order chi connectivity index (χ1) is 9.55. The molecule has 4 nitrogen and oxygen atoms in total. The highest BCUT2D eigenvalue weighted by atomic mass is 79.9. The van der Waals surface area contributed by atoms with E-state index in [0.29, 0.717) is 0 Å². The summed E-state index contributed by atoms with van der Waals surface area (Å²) in [5, 5.41) is 7.81. The van der Waals surface area contributed by atoms with Crippen molar-refractivity contribution in [1.29, 1.82) is 0 Å². The van der Waals surface area contributed by atoms with Crippen molar-refractivity contribution in [2.45, 2.75) is 52.6 Å². The van der Waals surface area contributed by atoms with Crippen molar-refractivity contribution < 1.29 is 0 Å². The molecule has 0 amide bonds. The zero-order valence-corrected chi connectivity index (χ0v) is 14.6. The number of nitrogens with two attached hydrogens (primary N) is 1. The lowest BCUT2D eigenvalue weighted by Gasteiger charge is -2.12. The fourth-order valence-corrected chi connectivity index (χ4v) is 3.66. The molecule has 20 heavy (non-hydrogen) atoms. The number of hydrogen-bond donors (Lipinski definition) is 1. The van der Waals surface area contributed by atoms with Gasteiger partial charge in [0.05, 0.1) is 26.6 Å². The average molecular weight is 357 g/mol. The van der Waals surface area contributed by atoms with Gasteiger partial charge in [0.25, 0.3) is 0 Å². The van der Waals surface area contributed by atoms with E-state index in [0.717, 1.165) is 46.7 Å². The van der Waals surface area contributed by atoms with Crippen LogP contribution >= 0.6 is 27.3 Å². The van der Waals surface area contributed by atoms with E-state index >= 15 is 0 Å². The fraction of sp³-hybridized carbons (Fsp3) is 0.571. The van der Waals surface area contributed by atoms with Gasteiger partial charge in [0.2, 0.25) is 0 Å². The van der Waals surface area contributed by atoms with E-state index in [1.54, 1.807) is 11.3 Å². The summed E-state index contributed by atoms with van der Waals surface area (Å²) in [4.78, 5) is 4.48. The maximum atomic E-state index is 6.29. The third-order valence-corrected chi connectivity index (χ3v) is 5.03. The van der Waals surface area contributed by atoms with E-state index in [4.69, 9.17) is 5.73 Å². The largest absolute Gasteiger partial charge is 0.327 e. The molecule has 0 aliphatic rings. The highest BCUT2D eigenvalue weighted by Crippen LogP contribution is 2.24. The van der Waals surface area contributed by atoms with Crippen LogP contribution < -0.4 is 5.73 Å². The summed E-state index contributed by atoms with van der Waals surface area (Å²) < 4.78 is 3.17. The molecule has 2 aromatic rings. The molecule has 0 aliphatic carbocycles. The molecular weight excluding hydrogens is 336 g/mol. The molecule has 0 fully saturated rings. The maximum Gasteiger partial charge on any atom is 0.0897 e. The molecular formula is C14H21BrN4S. The summed E-state index contributed by atoms with van der Waals surface area (Å²) in [6.07, 6.45) is 2.56. The molecule has 0 aromatic carbocycles. The van der Waals surface area contributed by atoms with Gasteiger partial charge < -0.3 is 5.73 Å².